The van der Waals surface area contributed by atoms with Crippen molar-refractivity contribution in [3.63, 3.8) is 0 Å². The molecule has 1 aromatic rings. The number of rotatable bonds is 7. The predicted octanol–water partition coefficient (Wildman–Crippen LogP) is 2.70. The number of benzene rings is 1. The number of anilines is 1. The summed E-state index contributed by atoms with van der Waals surface area (Å²) >= 11 is 0. The largest absolute Gasteiger partial charge is 0.383 e. The molecular weight excluding hydrogens is 312 g/mol. The lowest BCUT2D eigenvalue weighted by Crippen LogP contribution is -2.37. The van der Waals surface area contributed by atoms with E-state index in [0.29, 0.717) is 6.54 Å². The Morgan fingerprint density at radius 2 is 1.76 bits per heavy atom. The highest BCUT2D eigenvalue weighted by atomic mass is 35.5. The molecule has 1 fully saturated rings. The van der Waals surface area contributed by atoms with Gasteiger partial charge >= 0.3 is 10.3 Å². The smallest absolute Gasteiger partial charge is 0.336 e. The van der Waals surface area contributed by atoms with Crippen LogP contribution in [0, 0.1) is 0 Å². The van der Waals surface area contributed by atoms with Gasteiger partial charge in [-0.25, -0.2) is 0 Å². The Balaban J connectivity index is 0.00000220. The van der Waals surface area contributed by atoms with Crippen LogP contribution in [0.5, 0.6) is 0 Å². The van der Waals surface area contributed by atoms with Crippen LogP contribution in [0.1, 0.15) is 32.1 Å². The topological polar surface area (TPSA) is 67.4 Å². The average molecular weight is 335 g/mol. The zero-order valence-corrected chi connectivity index (χ0v) is 13.6. The normalized spacial score (nSPS) is 16.2. The average Bonchev–Trinajstić information content (AvgIpc) is 2.45. The number of nitrogens with one attached hydrogen (secondary N) is 2. The monoisotopic (exact) mass is 334 g/mol. The molecule has 1 aliphatic rings. The van der Waals surface area contributed by atoms with Gasteiger partial charge in [-0.05, 0) is 25.0 Å². The highest BCUT2D eigenvalue weighted by molar-refractivity contribution is 7.84. The number of halogens is 1. The first-order chi connectivity index (χ1) is 9.66. The molecule has 21 heavy (non-hydrogen) atoms. The van der Waals surface area contributed by atoms with Gasteiger partial charge in [-0.3, -0.25) is 4.18 Å². The van der Waals surface area contributed by atoms with Crippen molar-refractivity contribution in [3.8, 4) is 0 Å². The Kier molecular flexibility index (Phi) is 8.03. The van der Waals surface area contributed by atoms with E-state index in [4.69, 9.17) is 4.18 Å². The summed E-state index contributed by atoms with van der Waals surface area (Å²) in [6.07, 6.45) is 5.18. The lowest BCUT2D eigenvalue weighted by molar-refractivity contribution is 0.310. The molecule has 0 spiro atoms. The first kappa shape index (κ1) is 18.2. The Morgan fingerprint density at radius 1 is 1.10 bits per heavy atom. The summed E-state index contributed by atoms with van der Waals surface area (Å²) in [6.45, 7) is 0.576. The molecule has 0 heterocycles. The van der Waals surface area contributed by atoms with Crippen LogP contribution in [0.2, 0.25) is 0 Å². The SMILES string of the molecule is Cl.O=S(=O)(NC1CCCCC1)OCCNc1ccccc1. The van der Waals surface area contributed by atoms with Crippen molar-refractivity contribution < 1.29 is 12.6 Å². The molecule has 2 N–H and O–H groups in total. The van der Waals surface area contributed by atoms with Gasteiger partial charge < -0.3 is 5.32 Å². The van der Waals surface area contributed by atoms with Crippen molar-refractivity contribution >= 4 is 28.4 Å². The zero-order chi connectivity index (χ0) is 14.3. The van der Waals surface area contributed by atoms with Crippen molar-refractivity contribution in [2.75, 3.05) is 18.5 Å². The third kappa shape index (κ3) is 7.13. The van der Waals surface area contributed by atoms with Gasteiger partial charge in [0.05, 0.1) is 6.61 Å². The number of para-hydroxylation sites is 1. The van der Waals surface area contributed by atoms with Gasteiger partial charge in [-0.1, -0.05) is 37.5 Å². The van der Waals surface area contributed by atoms with Gasteiger partial charge in [0.2, 0.25) is 0 Å². The fourth-order valence-electron chi connectivity index (χ4n) is 2.36. The lowest BCUT2D eigenvalue weighted by atomic mass is 9.96. The van der Waals surface area contributed by atoms with Crippen LogP contribution in [0.4, 0.5) is 5.69 Å². The van der Waals surface area contributed by atoms with Crippen LogP contribution >= 0.6 is 12.4 Å². The Hall–Kier alpha value is -0.820. The molecular formula is C14H23ClN2O3S. The van der Waals surface area contributed by atoms with E-state index in [1.165, 1.54) is 6.42 Å². The second-order valence-corrected chi connectivity index (χ2v) is 6.40. The third-order valence-corrected chi connectivity index (χ3v) is 4.46. The molecule has 1 saturated carbocycles. The van der Waals surface area contributed by atoms with Crippen LogP contribution < -0.4 is 10.0 Å². The van der Waals surface area contributed by atoms with Gasteiger partial charge in [0, 0.05) is 18.3 Å². The predicted molar refractivity (Wildman–Crippen MR) is 87.1 cm³/mol. The maximum atomic E-state index is 11.7. The molecule has 7 heteroatoms. The zero-order valence-electron chi connectivity index (χ0n) is 12.0. The third-order valence-electron chi connectivity index (χ3n) is 3.36. The summed E-state index contributed by atoms with van der Waals surface area (Å²) < 4.78 is 31.1. The fraction of sp³-hybridized carbons (Fsp3) is 0.571. The molecule has 1 aromatic carbocycles. The molecule has 5 nitrogen and oxygen atoms in total. The molecule has 0 bridgehead atoms. The molecule has 0 aromatic heterocycles. The van der Waals surface area contributed by atoms with Crippen molar-refractivity contribution in [2.24, 2.45) is 0 Å². The number of hydrogen-bond acceptors (Lipinski definition) is 4. The first-order valence-electron chi connectivity index (χ1n) is 7.11. The van der Waals surface area contributed by atoms with E-state index < -0.39 is 10.3 Å². The summed E-state index contributed by atoms with van der Waals surface area (Å²) in [4.78, 5) is 0. The van der Waals surface area contributed by atoms with Crippen molar-refractivity contribution in [3.05, 3.63) is 30.3 Å². The highest BCUT2D eigenvalue weighted by Crippen LogP contribution is 2.18. The summed E-state index contributed by atoms with van der Waals surface area (Å²) in [7, 11) is -3.63. The van der Waals surface area contributed by atoms with E-state index in [2.05, 4.69) is 10.0 Å². The van der Waals surface area contributed by atoms with Crippen LogP contribution in [-0.4, -0.2) is 27.6 Å². The molecule has 0 radical (unpaired) electrons. The van der Waals surface area contributed by atoms with E-state index in [9.17, 15) is 8.42 Å². The summed E-state index contributed by atoms with van der Waals surface area (Å²) in [5.74, 6) is 0. The molecule has 0 atom stereocenters. The maximum absolute atomic E-state index is 11.7. The Labute approximate surface area is 133 Å². The standard InChI is InChI=1S/C14H22N2O3S.ClH/c17-20(18,16-14-9-5-2-6-10-14)19-12-11-15-13-7-3-1-4-8-13;/h1,3-4,7-8,14-16H,2,5-6,9-12H2;1H. The minimum atomic E-state index is -3.63. The Bertz CT molecular complexity index is 490. The van der Waals surface area contributed by atoms with E-state index in [1.807, 2.05) is 30.3 Å². The Morgan fingerprint density at radius 3 is 2.43 bits per heavy atom. The second-order valence-electron chi connectivity index (χ2n) is 5.02. The highest BCUT2D eigenvalue weighted by Gasteiger charge is 2.20. The van der Waals surface area contributed by atoms with Crippen molar-refractivity contribution in [2.45, 2.75) is 38.1 Å². The van der Waals surface area contributed by atoms with Gasteiger partial charge in [-0.2, -0.15) is 13.1 Å². The number of hydrogen-bond donors (Lipinski definition) is 2. The van der Waals surface area contributed by atoms with E-state index in [1.54, 1.807) is 0 Å². The molecule has 2 rings (SSSR count). The van der Waals surface area contributed by atoms with Crippen LogP contribution in [0.3, 0.4) is 0 Å². The lowest BCUT2D eigenvalue weighted by Gasteiger charge is -2.22. The quantitative estimate of drug-likeness (QED) is 0.752. The van der Waals surface area contributed by atoms with Crippen LogP contribution in [0.25, 0.3) is 0 Å². The molecule has 0 amide bonds. The molecule has 120 valence electrons. The summed E-state index contributed by atoms with van der Waals surface area (Å²) in [5, 5.41) is 3.10. The van der Waals surface area contributed by atoms with Gasteiger partial charge in [0.15, 0.2) is 0 Å². The van der Waals surface area contributed by atoms with Gasteiger partial charge in [-0.15, -0.1) is 12.4 Å². The van der Waals surface area contributed by atoms with E-state index in [0.717, 1.165) is 31.4 Å². The van der Waals surface area contributed by atoms with Crippen molar-refractivity contribution in [1.82, 2.24) is 4.72 Å². The minimum Gasteiger partial charge on any atom is -0.383 e. The summed E-state index contributed by atoms with van der Waals surface area (Å²) in [5.41, 5.74) is 0.953. The van der Waals surface area contributed by atoms with Gasteiger partial charge in [0.1, 0.15) is 0 Å². The molecule has 0 unspecified atom stereocenters. The van der Waals surface area contributed by atoms with Crippen molar-refractivity contribution in [1.29, 1.82) is 0 Å². The summed E-state index contributed by atoms with van der Waals surface area (Å²) in [6, 6.07) is 9.66. The van der Waals surface area contributed by atoms with E-state index in [-0.39, 0.29) is 25.1 Å². The van der Waals surface area contributed by atoms with E-state index >= 15 is 0 Å². The van der Waals surface area contributed by atoms with Crippen LogP contribution in [0.15, 0.2) is 30.3 Å². The second kappa shape index (κ2) is 9.25. The molecule has 1 aliphatic carbocycles. The molecule has 0 saturated heterocycles. The fourth-order valence-corrected chi connectivity index (χ4v) is 3.38. The first-order valence-corrected chi connectivity index (χ1v) is 8.52. The van der Waals surface area contributed by atoms with Gasteiger partial charge in [0.25, 0.3) is 0 Å². The van der Waals surface area contributed by atoms with Crippen LogP contribution in [-0.2, 0) is 14.5 Å². The molecule has 0 aliphatic heterocycles. The maximum Gasteiger partial charge on any atom is 0.336 e. The minimum absolute atomic E-state index is 0.